The molecule has 1 aliphatic heterocycles. The Morgan fingerprint density at radius 1 is 1.25 bits per heavy atom. The fourth-order valence-corrected chi connectivity index (χ4v) is 3.59. The Labute approximate surface area is 144 Å². The first-order valence-corrected chi connectivity index (χ1v) is 10.1. The summed E-state index contributed by atoms with van der Waals surface area (Å²) in [7, 11) is -3.57. The van der Waals surface area contributed by atoms with E-state index in [1.165, 1.54) is 0 Å². The highest BCUT2D eigenvalue weighted by molar-refractivity contribution is 7.92. The molecule has 134 valence electrons. The van der Waals surface area contributed by atoms with Crippen molar-refractivity contribution in [1.82, 2.24) is 4.90 Å². The number of hydrogen-bond acceptors (Lipinski definition) is 4. The highest BCUT2D eigenvalue weighted by Crippen LogP contribution is 2.24. The summed E-state index contributed by atoms with van der Waals surface area (Å²) in [6.45, 7) is 5.03. The first-order valence-electron chi connectivity index (χ1n) is 8.29. The molecule has 1 heterocycles. The molecule has 0 N–H and O–H groups in total. The summed E-state index contributed by atoms with van der Waals surface area (Å²) in [5.41, 5.74) is 0.445. The number of rotatable bonds is 6. The van der Waals surface area contributed by atoms with Gasteiger partial charge in [0.2, 0.25) is 15.9 Å². The lowest BCUT2D eigenvalue weighted by Gasteiger charge is -2.30. The van der Waals surface area contributed by atoms with Crippen LogP contribution >= 0.6 is 0 Å². The molecule has 0 saturated carbocycles. The number of piperidine rings is 1. The molecule has 7 heteroatoms. The maximum atomic E-state index is 12.5. The molecular formula is C17H26N2O4S. The van der Waals surface area contributed by atoms with Gasteiger partial charge in [-0.2, -0.15) is 0 Å². The predicted octanol–water partition coefficient (Wildman–Crippen LogP) is 2.25. The minimum atomic E-state index is -3.57. The van der Waals surface area contributed by atoms with Crippen molar-refractivity contribution in [3.05, 3.63) is 24.3 Å². The lowest BCUT2D eigenvalue weighted by Crippen LogP contribution is -2.44. The monoisotopic (exact) mass is 354 g/mol. The second-order valence-corrected chi connectivity index (χ2v) is 8.28. The van der Waals surface area contributed by atoms with Crippen LogP contribution in [-0.4, -0.2) is 51.2 Å². The van der Waals surface area contributed by atoms with Gasteiger partial charge in [-0.15, -0.1) is 0 Å². The topological polar surface area (TPSA) is 66.9 Å². The molecule has 0 aromatic heterocycles. The minimum absolute atomic E-state index is 0.0121. The van der Waals surface area contributed by atoms with E-state index >= 15 is 0 Å². The van der Waals surface area contributed by atoms with Gasteiger partial charge in [-0.3, -0.25) is 9.10 Å². The van der Waals surface area contributed by atoms with E-state index in [1.54, 1.807) is 29.2 Å². The summed E-state index contributed by atoms with van der Waals surface area (Å²) < 4.78 is 31.2. The summed E-state index contributed by atoms with van der Waals surface area (Å²) in [5.74, 6) is 0.428. The van der Waals surface area contributed by atoms with Gasteiger partial charge in [0, 0.05) is 19.2 Å². The maximum Gasteiger partial charge on any atom is 0.243 e. The summed E-state index contributed by atoms with van der Waals surface area (Å²) in [5, 5.41) is 0. The predicted molar refractivity (Wildman–Crippen MR) is 94.8 cm³/mol. The van der Waals surface area contributed by atoms with Gasteiger partial charge in [0.15, 0.2) is 0 Å². The number of likely N-dealkylation sites (tertiary alicyclic amines) is 1. The van der Waals surface area contributed by atoms with Crippen LogP contribution < -0.4 is 9.04 Å². The Morgan fingerprint density at radius 2 is 1.92 bits per heavy atom. The third kappa shape index (κ3) is 5.12. The molecule has 1 aromatic carbocycles. The van der Waals surface area contributed by atoms with Crippen molar-refractivity contribution in [2.24, 2.45) is 0 Å². The van der Waals surface area contributed by atoms with Gasteiger partial charge < -0.3 is 9.64 Å². The van der Waals surface area contributed by atoms with Crippen LogP contribution in [0.15, 0.2) is 24.3 Å². The van der Waals surface area contributed by atoms with Crippen LogP contribution in [0.25, 0.3) is 0 Å². The van der Waals surface area contributed by atoms with Crippen LogP contribution in [0.2, 0.25) is 0 Å². The van der Waals surface area contributed by atoms with Crippen molar-refractivity contribution >= 4 is 21.6 Å². The van der Waals surface area contributed by atoms with Gasteiger partial charge in [0.25, 0.3) is 0 Å². The normalized spacial score (nSPS) is 15.4. The van der Waals surface area contributed by atoms with Gasteiger partial charge >= 0.3 is 0 Å². The van der Waals surface area contributed by atoms with Crippen molar-refractivity contribution in [2.75, 3.05) is 30.2 Å². The standard InChI is InChI=1S/C17H26N2O4S/c1-14(2)23-16-9-7-8-15(12-16)19(24(3,21)22)13-17(20)18-10-5-4-6-11-18/h7-9,12,14H,4-6,10-11,13H2,1-3H3. The third-order valence-corrected chi connectivity index (χ3v) is 5.01. The van der Waals surface area contributed by atoms with E-state index in [9.17, 15) is 13.2 Å². The van der Waals surface area contributed by atoms with Gasteiger partial charge in [-0.1, -0.05) is 6.07 Å². The number of nitrogens with zero attached hydrogens (tertiary/aromatic N) is 2. The van der Waals surface area contributed by atoms with E-state index in [0.29, 0.717) is 24.5 Å². The van der Waals surface area contributed by atoms with Crippen molar-refractivity contribution in [1.29, 1.82) is 0 Å². The summed E-state index contributed by atoms with van der Waals surface area (Å²) in [4.78, 5) is 14.2. The highest BCUT2D eigenvalue weighted by Gasteiger charge is 2.25. The fourth-order valence-electron chi connectivity index (χ4n) is 2.75. The van der Waals surface area contributed by atoms with Gasteiger partial charge in [-0.05, 0) is 45.2 Å². The van der Waals surface area contributed by atoms with Crippen LogP contribution in [0.5, 0.6) is 5.75 Å². The summed E-state index contributed by atoms with van der Waals surface area (Å²) in [6.07, 6.45) is 4.17. The number of ether oxygens (including phenoxy) is 1. The number of sulfonamides is 1. The minimum Gasteiger partial charge on any atom is -0.491 e. The van der Waals surface area contributed by atoms with Gasteiger partial charge in [0.1, 0.15) is 12.3 Å². The van der Waals surface area contributed by atoms with Crippen molar-refractivity contribution < 1.29 is 17.9 Å². The molecule has 0 radical (unpaired) electrons. The van der Waals surface area contributed by atoms with Crippen molar-refractivity contribution in [2.45, 2.75) is 39.2 Å². The van der Waals surface area contributed by atoms with E-state index < -0.39 is 10.0 Å². The van der Waals surface area contributed by atoms with E-state index in [1.807, 2.05) is 13.8 Å². The third-order valence-electron chi connectivity index (χ3n) is 3.87. The number of anilines is 1. The molecule has 1 fully saturated rings. The largest absolute Gasteiger partial charge is 0.491 e. The second kappa shape index (κ2) is 7.88. The average molecular weight is 354 g/mol. The number of carbonyl (C=O) groups is 1. The Bertz CT molecular complexity index is 667. The number of carbonyl (C=O) groups excluding carboxylic acids is 1. The second-order valence-electron chi connectivity index (χ2n) is 6.38. The van der Waals surface area contributed by atoms with Crippen LogP contribution in [0, 0.1) is 0 Å². The molecule has 1 aromatic rings. The SMILES string of the molecule is CC(C)Oc1cccc(N(CC(=O)N2CCCCC2)S(C)(=O)=O)c1. The molecule has 1 aliphatic rings. The van der Waals surface area contributed by atoms with E-state index in [-0.39, 0.29) is 18.6 Å². The van der Waals surface area contributed by atoms with Gasteiger partial charge in [-0.25, -0.2) is 8.42 Å². The Morgan fingerprint density at radius 3 is 2.50 bits per heavy atom. The van der Waals surface area contributed by atoms with E-state index in [0.717, 1.165) is 29.8 Å². The lowest BCUT2D eigenvalue weighted by molar-refractivity contribution is -0.130. The maximum absolute atomic E-state index is 12.5. The zero-order valence-electron chi connectivity index (χ0n) is 14.6. The Kier molecular flexibility index (Phi) is 6.10. The van der Waals surface area contributed by atoms with Crippen LogP contribution in [0.1, 0.15) is 33.1 Å². The van der Waals surface area contributed by atoms with E-state index in [2.05, 4.69) is 0 Å². The summed E-state index contributed by atoms with van der Waals surface area (Å²) in [6, 6.07) is 6.84. The first kappa shape index (κ1) is 18.6. The molecular weight excluding hydrogens is 328 g/mol. The zero-order chi connectivity index (χ0) is 17.7. The molecule has 24 heavy (non-hydrogen) atoms. The van der Waals surface area contributed by atoms with Gasteiger partial charge in [0.05, 0.1) is 18.0 Å². The summed E-state index contributed by atoms with van der Waals surface area (Å²) >= 11 is 0. The zero-order valence-corrected chi connectivity index (χ0v) is 15.4. The molecule has 0 aliphatic carbocycles. The molecule has 2 rings (SSSR count). The molecule has 0 unspecified atom stereocenters. The Hall–Kier alpha value is -1.76. The first-order chi connectivity index (χ1) is 11.3. The molecule has 0 spiro atoms. The Balaban J connectivity index is 2.21. The van der Waals surface area contributed by atoms with Crippen molar-refractivity contribution in [3.8, 4) is 5.75 Å². The lowest BCUT2D eigenvalue weighted by atomic mass is 10.1. The smallest absolute Gasteiger partial charge is 0.243 e. The fraction of sp³-hybridized carbons (Fsp3) is 0.588. The number of amides is 1. The molecule has 1 amide bonds. The molecule has 0 bridgehead atoms. The van der Waals surface area contributed by atoms with Crippen LogP contribution in [0.4, 0.5) is 5.69 Å². The van der Waals surface area contributed by atoms with Crippen LogP contribution in [-0.2, 0) is 14.8 Å². The molecule has 6 nitrogen and oxygen atoms in total. The highest BCUT2D eigenvalue weighted by atomic mass is 32.2. The molecule has 1 saturated heterocycles. The quantitative estimate of drug-likeness (QED) is 0.786. The number of benzene rings is 1. The van der Waals surface area contributed by atoms with E-state index in [4.69, 9.17) is 4.74 Å². The average Bonchev–Trinajstić information content (AvgIpc) is 2.51. The van der Waals surface area contributed by atoms with Crippen LogP contribution in [0.3, 0.4) is 0 Å². The van der Waals surface area contributed by atoms with Crippen molar-refractivity contribution in [3.63, 3.8) is 0 Å². The number of hydrogen-bond donors (Lipinski definition) is 0. The molecule has 0 atom stereocenters.